The van der Waals surface area contributed by atoms with Crippen molar-refractivity contribution in [2.75, 3.05) is 32.7 Å². The van der Waals surface area contributed by atoms with E-state index < -0.39 is 0 Å². The van der Waals surface area contributed by atoms with Gasteiger partial charge in [-0.1, -0.05) is 6.92 Å². The minimum atomic E-state index is 0. The molecule has 0 radical (unpaired) electrons. The second-order valence-corrected chi connectivity index (χ2v) is 6.34. The van der Waals surface area contributed by atoms with E-state index in [1.54, 1.807) is 0 Å². The summed E-state index contributed by atoms with van der Waals surface area (Å²) in [5.41, 5.74) is 0. The van der Waals surface area contributed by atoms with Crippen LogP contribution >= 0.6 is 12.4 Å². The molecule has 0 aromatic heterocycles. The predicted molar refractivity (Wildman–Crippen MR) is 85.3 cm³/mol. The van der Waals surface area contributed by atoms with Gasteiger partial charge in [0.1, 0.15) is 0 Å². The van der Waals surface area contributed by atoms with Gasteiger partial charge in [0.2, 0.25) is 5.91 Å². The van der Waals surface area contributed by atoms with Gasteiger partial charge in [0.25, 0.3) is 0 Å². The highest BCUT2D eigenvalue weighted by atomic mass is 35.5. The van der Waals surface area contributed by atoms with E-state index in [2.05, 4.69) is 29.4 Å². The minimum absolute atomic E-state index is 0. The summed E-state index contributed by atoms with van der Waals surface area (Å²) in [7, 11) is 0. The van der Waals surface area contributed by atoms with Crippen LogP contribution in [0.15, 0.2) is 0 Å². The Kier molecular flexibility index (Phi) is 7.85. The summed E-state index contributed by atoms with van der Waals surface area (Å²) in [6.07, 6.45) is 4.57. The highest BCUT2D eigenvalue weighted by molar-refractivity contribution is 5.85. The molecule has 0 saturated carbocycles. The van der Waals surface area contributed by atoms with E-state index in [1.807, 2.05) is 0 Å². The maximum Gasteiger partial charge on any atom is 0.223 e. The summed E-state index contributed by atoms with van der Waals surface area (Å²) in [4.78, 5) is 14.6. The number of nitrogens with zero attached hydrogens (tertiary/aromatic N) is 1. The maximum absolute atomic E-state index is 12.1. The number of hydrogen-bond acceptors (Lipinski definition) is 3. The largest absolute Gasteiger partial charge is 0.354 e. The summed E-state index contributed by atoms with van der Waals surface area (Å²) < 4.78 is 0. The minimum Gasteiger partial charge on any atom is -0.354 e. The van der Waals surface area contributed by atoms with Crippen molar-refractivity contribution >= 4 is 18.3 Å². The number of carbonyl (C=O) groups is 1. The van der Waals surface area contributed by atoms with E-state index in [-0.39, 0.29) is 24.2 Å². The molecule has 2 fully saturated rings. The van der Waals surface area contributed by atoms with Crippen LogP contribution in [-0.2, 0) is 4.79 Å². The Balaban J connectivity index is 0.00000200. The maximum atomic E-state index is 12.1. The second-order valence-electron chi connectivity index (χ2n) is 6.34. The molecule has 2 aliphatic heterocycles. The zero-order valence-electron chi connectivity index (χ0n) is 12.9. The molecule has 1 amide bonds. The Morgan fingerprint density at radius 3 is 2.45 bits per heavy atom. The number of carbonyl (C=O) groups excluding carboxylic acids is 1. The molecule has 118 valence electrons. The fourth-order valence-corrected chi connectivity index (χ4v) is 3.08. The zero-order chi connectivity index (χ0) is 13.7. The van der Waals surface area contributed by atoms with Gasteiger partial charge in [-0.15, -0.1) is 12.4 Å². The van der Waals surface area contributed by atoms with Crippen LogP contribution in [0.3, 0.4) is 0 Å². The van der Waals surface area contributed by atoms with E-state index in [9.17, 15) is 4.79 Å². The summed E-state index contributed by atoms with van der Waals surface area (Å²) in [6.45, 7) is 9.71. The fraction of sp³-hybridized carbons (Fsp3) is 0.933. The normalized spacial score (nSPS) is 23.9. The van der Waals surface area contributed by atoms with Crippen molar-refractivity contribution in [3.8, 4) is 0 Å². The molecule has 20 heavy (non-hydrogen) atoms. The first-order valence-corrected chi connectivity index (χ1v) is 7.89. The lowest BCUT2D eigenvalue weighted by Crippen LogP contribution is -2.47. The molecule has 1 unspecified atom stereocenters. The number of halogens is 1. The fourth-order valence-electron chi connectivity index (χ4n) is 3.08. The van der Waals surface area contributed by atoms with Crippen LogP contribution in [0.2, 0.25) is 0 Å². The van der Waals surface area contributed by atoms with Gasteiger partial charge in [0.15, 0.2) is 0 Å². The van der Waals surface area contributed by atoms with Crippen LogP contribution in [-0.4, -0.2) is 49.6 Å². The van der Waals surface area contributed by atoms with Gasteiger partial charge in [-0.25, -0.2) is 0 Å². The lowest BCUT2D eigenvalue weighted by molar-refractivity contribution is -0.126. The molecule has 2 rings (SSSR count). The van der Waals surface area contributed by atoms with Gasteiger partial charge in [-0.05, 0) is 64.7 Å². The van der Waals surface area contributed by atoms with E-state index in [1.165, 1.54) is 25.9 Å². The molecule has 0 bridgehead atoms. The standard InChI is InChI=1S/C15H29N3O.ClH/c1-12-5-9-18(10-6-12)13(2)11-17-15(19)14-3-7-16-8-4-14;/h12-14,16H,3-11H2,1-2H3,(H,17,19);1H. The SMILES string of the molecule is CC1CCN(C(C)CNC(=O)C2CCNCC2)CC1.Cl. The summed E-state index contributed by atoms with van der Waals surface area (Å²) in [5.74, 6) is 1.36. The van der Waals surface area contributed by atoms with E-state index in [0.717, 1.165) is 38.4 Å². The molecule has 2 saturated heterocycles. The van der Waals surface area contributed by atoms with Gasteiger partial charge in [0.05, 0.1) is 0 Å². The molecular weight excluding hydrogens is 274 g/mol. The molecule has 0 aromatic carbocycles. The lowest BCUT2D eigenvalue weighted by Gasteiger charge is -2.35. The number of nitrogens with one attached hydrogen (secondary N) is 2. The number of amides is 1. The van der Waals surface area contributed by atoms with Crippen molar-refractivity contribution in [3.05, 3.63) is 0 Å². The third kappa shape index (κ3) is 5.23. The second kappa shape index (κ2) is 8.85. The van der Waals surface area contributed by atoms with E-state index >= 15 is 0 Å². The zero-order valence-corrected chi connectivity index (χ0v) is 13.7. The summed E-state index contributed by atoms with van der Waals surface area (Å²) >= 11 is 0. The van der Waals surface area contributed by atoms with E-state index in [0.29, 0.717) is 6.04 Å². The Labute approximate surface area is 129 Å². The molecular formula is C15H30ClN3O. The number of likely N-dealkylation sites (tertiary alicyclic amines) is 1. The first-order chi connectivity index (χ1) is 9.16. The lowest BCUT2D eigenvalue weighted by atomic mass is 9.96. The topological polar surface area (TPSA) is 44.4 Å². The Morgan fingerprint density at radius 2 is 1.85 bits per heavy atom. The third-order valence-electron chi connectivity index (χ3n) is 4.72. The number of hydrogen-bond donors (Lipinski definition) is 2. The molecule has 4 nitrogen and oxygen atoms in total. The van der Waals surface area contributed by atoms with Crippen LogP contribution in [0, 0.1) is 11.8 Å². The highest BCUT2D eigenvalue weighted by Crippen LogP contribution is 2.18. The molecule has 0 aliphatic carbocycles. The van der Waals surface area contributed by atoms with Crippen molar-refractivity contribution in [1.82, 2.24) is 15.5 Å². The van der Waals surface area contributed by atoms with Crippen LogP contribution < -0.4 is 10.6 Å². The molecule has 2 heterocycles. The molecule has 5 heteroatoms. The molecule has 2 N–H and O–H groups in total. The van der Waals surface area contributed by atoms with Gasteiger partial charge in [-0.3, -0.25) is 9.69 Å². The van der Waals surface area contributed by atoms with Gasteiger partial charge >= 0.3 is 0 Å². The van der Waals surface area contributed by atoms with Gasteiger partial charge < -0.3 is 10.6 Å². The highest BCUT2D eigenvalue weighted by Gasteiger charge is 2.23. The van der Waals surface area contributed by atoms with Crippen molar-refractivity contribution < 1.29 is 4.79 Å². The average Bonchev–Trinajstić information content (AvgIpc) is 2.46. The van der Waals surface area contributed by atoms with Crippen molar-refractivity contribution in [3.63, 3.8) is 0 Å². The molecule has 2 aliphatic rings. The smallest absolute Gasteiger partial charge is 0.223 e. The molecule has 1 atom stereocenters. The van der Waals surface area contributed by atoms with Crippen LogP contribution in [0.25, 0.3) is 0 Å². The Bertz CT molecular complexity index is 287. The van der Waals surface area contributed by atoms with Gasteiger partial charge in [-0.2, -0.15) is 0 Å². The Hall–Kier alpha value is -0.320. The average molecular weight is 304 g/mol. The van der Waals surface area contributed by atoms with Crippen molar-refractivity contribution in [2.24, 2.45) is 11.8 Å². The summed E-state index contributed by atoms with van der Waals surface area (Å²) in [6, 6.07) is 0.471. The molecule has 0 aromatic rings. The Morgan fingerprint density at radius 1 is 1.25 bits per heavy atom. The van der Waals surface area contributed by atoms with Crippen molar-refractivity contribution in [2.45, 2.75) is 45.6 Å². The van der Waals surface area contributed by atoms with Crippen LogP contribution in [0.1, 0.15) is 39.5 Å². The number of rotatable bonds is 4. The van der Waals surface area contributed by atoms with Crippen LogP contribution in [0.4, 0.5) is 0 Å². The van der Waals surface area contributed by atoms with E-state index in [4.69, 9.17) is 0 Å². The summed E-state index contributed by atoms with van der Waals surface area (Å²) in [5, 5.41) is 6.45. The first kappa shape index (κ1) is 17.7. The van der Waals surface area contributed by atoms with Crippen molar-refractivity contribution in [1.29, 1.82) is 0 Å². The predicted octanol–water partition coefficient (Wildman–Crippen LogP) is 1.64. The third-order valence-corrected chi connectivity index (χ3v) is 4.72. The number of piperidine rings is 2. The van der Waals surface area contributed by atoms with Gasteiger partial charge in [0, 0.05) is 18.5 Å². The quantitative estimate of drug-likeness (QED) is 0.830. The van der Waals surface area contributed by atoms with Crippen LogP contribution in [0.5, 0.6) is 0 Å². The molecule has 0 spiro atoms. The first-order valence-electron chi connectivity index (χ1n) is 7.89. The monoisotopic (exact) mass is 303 g/mol.